The Bertz CT molecular complexity index is 756. The molecule has 3 rings (SSSR count). The number of fused-ring (bicyclic) bond motifs is 1. The zero-order chi connectivity index (χ0) is 14.3. The van der Waals surface area contributed by atoms with E-state index in [0.717, 1.165) is 6.07 Å². The number of para-hydroxylation sites is 2. The van der Waals surface area contributed by atoms with E-state index in [4.69, 9.17) is 10.0 Å². The summed E-state index contributed by atoms with van der Waals surface area (Å²) in [5.41, 5.74) is 0.757. The van der Waals surface area contributed by atoms with Crippen LogP contribution in [0.25, 0.3) is 22.4 Å². The van der Waals surface area contributed by atoms with E-state index in [1.807, 2.05) is 0 Å². The SMILES string of the molecule is OB(O)c1ccc(-c2nc3ccccc3[nH]2)c(F)c1F. The molecule has 1 aromatic heterocycles. The maximum absolute atomic E-state index is 14.0. The van der Waals surface area contributed by atoms with Crippen molar-refractivity contribution in [3.8, 4) is 11.4 Å². The smallest absolute Gasteiger partial charge is 0.423 e. The summed E-state index contributed by atoms with van der Waals surface area (Å²) in [6, 6.07) is 9.47. The van der Waals surface area contributed by atoms with Crippen LogP contribution in [0.2, 0.25) is 0 Å². The highest BCUT2D eigenvalue weighted by Gasteiger charge is 2.23. The Kier molecular flexibility index (Phi) is 3.00. The molecule has 7 heteroatoms. The van der Waals surface area contributed by atoms with Crippen LogP contribution in [0.3, 0.4) is 0 Å². The normalized spacial score (nSPS) is 11.0. The van der Waals surface area contributed by atoms with Crippen LogP contribution in [0.5, 0.6) is 0 Å². The van der Waals surface area contributed by atoms with Crippen molar-refractivity contribution >= 4 is 23.6 Å². The molecule has 0 fully saturated rings. The first-order chi connectivity index (χ1) is 9.58. The van der Waals surface area contributed by atoms with Gasteiger partial charge >= 0.3 is 7.12 Å². The summed E-state index contributed by atoms with van der Waals surface area (Å²) in [4.78, 5) is 7.06. The number of hydrogen-bond donors (Lipinski definition) is 3. The van der Waals surface area contributed by atoms with Gasteiger partial charge < -0.3 is 15.0 Å². The topological polar surface area (TPSA) is 69.1 Å². The summed E-state index contributed by atoms with van der Waals surface area (Å²) in [7, 11) is -2.06. The van der Waals surface area contributed by atoms with E-state index in [9.17, 15) is 8.78 Å². The third-order valence-corrected chi connectivity index (χ3v) is 3.03. The molecule has 2 aromatic carbocycles. The van der Waals surface area contributed by atoms with Gasteiger partial charge in [0.25, 0.3) is 0 Å². The van der Waals surface area contributed by atoms with Crippen LogP contribution in [-0.2, 0) is 0 Å². The number of aromatic nitrogens is 2. The highest BCUT2D eigenvalue weighted by Crippen LogP contribution is 2.23. The van der Waals surface area contributed by atoms with Crippen LogP contribution in [0.4, 0.5) is 8.78 Å². The number of halogens is 2. The zero-order valence-corrected chi connectivity index (χ0v) is 10.1. The molecule has 0 aliphatic rings. The molecular weight excluding hydrogens is 265 g/mol. The van der Waals surface area contributed by atoms with Gasteiger partial charge in [-0.2, -0.15) is 0 Å². The molecule has 0 atom stereocenters. The maximum atomic E-state index is 14.0. The fourth-order valence-electron chi connectivity index (χ4n) is 2.03. The number of rotatable bonds is 2. The second-order valence-corrected chi connectivity index (χ2v) is 4.31. The highest BCUT2D eigenvalue weighted by atomic mass is 19.2. The van der Waals surface area contributed by atoms with Gasteiger partial charge in [0.1, 0.15) is 5.82 Å². The molecular formula is C13H9BF2N2O2. The summed E-state index contributed by atoms with van der Waals surface area (Å²) in [6.45, 7) is 0. The van der Waals surface area contributed by atoms with E-state index >= 15 is 0 Å². The Morgan fingerprint density at radius 2 is 1.75 bits per heavy atom. The number of nitrogens with zero attached hydrogens (tertiary/aromatic N) is 1. The lowest BCUT2D eigenvalue weighted by atomic mass is 9.79. The zero-order valence-electron chi connectivity index (χ0n) is 10.1. The minimum atomic E-state index is -2.06. The summed E-state index contributed by atoms with van der Waals surface area (Å²) in [6.07, 6.45) is 0. The number of benzene rings is 2. The van der Waals surface area contributed by atoms with Crippen molar-refractivity contribution in [2.75, 3.05) is 0 Å². The molecule has 3 N–H and O–H groups in total. The number of imidazole rings is 1. The second-order valence-electron chi connectivity index (χ2n) is 4.31. The third-order valence-electron chi connectivity index (χ3n) is 3.03. The molecule has 0 bridgehead atoms. The Labute approximate surface area is 112 Å². The van der Waals surface area contributed by atoms with Crippen molar-refractivity contribution in [2.24, 2.45) is 0 Å². The van der Waals surface area contributed by atoms with Crippen molar-refractivity contribution in [3.63, 3.8) is 0 Å². The third kappa shape index (κ3) is 1.97. The van der Waals surface area contributed by atoms with Crippen molar-refractivity contribution in [1.82, 2.24) is 9.97 Å². The fraction of sp³-hybridized carbons (Fsp3) is 0. The van der Waals surface area contributed by atoms with Crippen LogP contribution >= 0.6 is 0 Å². The molecule has 0 saturated heterocycles. The summed E-state index contributed by atoms with van der Waals surface area (Å²) >= 11 is 0. The van der Waals surface area contributed by atoms with E-state index in [2.05, 4.69) is 9.97 Å². The Balaban J connectivity index is 2.17. The van der Waals surface area contributed by atoms with E-state index in [0.29, 0.717) is 11.0 Å². The van der Waals surface area contributed by atoms with Crippen molar-refractivity contribution < 1.29 is 18.8 Å². The molecule has 100 valence electrons. The van der Waals surface area contributed by atoms with Crippen molar-refractivity contribution in [2.45, 2.75) is 0 Å². The van der Waals surface area contributed by atoms with E-state index < -0.39 is 24.2 Å². The van der Waals surface area contributed by atoms with Crippen LogP contribution < -0.4 is 5.46 Å². The highest BCUT2D eigenvalue weighted by molar-refractivity contribution is 6.58. The van der Waals surface area contributed by atoms with Gasteiger partial charge in [0.2, 0.25) is 0 Å². The molecule has 0 amide bonds. The molecule has 0 saturated carbocycles. The Morgan fingerprint density at radius 3 is 2.45 bits per heavy atom. The van der Waals surface area contributed by atoms with E-state index in [-0.39, 0.29) is 11.4 Å². The van der Waals surface area contributed by atoms with E-state index in [1.54, 1.807) is 24.3 Å². The Morgan fingerprint density at radius 1 is 1.00 bits per heavy atom. The van der Waals surface area contributed by atoms with Gasteiger partial charge in [0.05, 0.1) is 16.6 Å². The van der Waals surface area contributed by atoms with Gasteiger partial charge in [-0.05, 0) is 18.2 Å². The molecule has 4 nitrogen and oxygen atoms in total. The van der Waals surface area contributed by atoms with Gasteiger partial charge in [-0.1, -0.05) is 18.2 Å². The molecule has 0 aliphatic carbocycles. The summed E-state index contributed by atoms with van der Waals surface area (Å²) in [5.74, 6) is -2.28. The second kappa shape index (κ2) is 4.70. The van der Waals surface area contributed by atoms with Crippen LogP contribution in [0.1, 0.15) is 0 Å². The van der Waals surface area contributed by atoms with Gasteiger partial charge in [-0.3, -0.25) is 0 Å². The number of aromatic amines is 1. The molecule has 0 spiro atoms. The predicted octanol–water partition coefficient (Wildman–Crippen LogP) is 1.19. The fourth-order valence-corrected chi connectivity index (χ4v) is 2.03. The summed E-state index contributed by atoms with van der Waals surface area (Å²) < 4.78 is 27.7. The summed E-state index contributed by atoms with van der Waals surface area (Å²) in [5, 5.41) is 17.9. The number of H-pyrrole nitrogens is 1. The molecule has 1 heterocycles. The number of nitrogens with one attached hydrogen (secondary N) is 1. The van der Waals surface area contributed by atoms with Crippen LogP contribution in [0.15, 0.2) is 36.4 Å². The largest absolute Gasteiger partial charge is 0.491 e. The lowest BCUT2D eigenvalue weighted by Crippen LogP contribution is -2.33. The quantitative estimate of drug-likeness (QED) is 0.615. The van der Waals surface area contributed by atoms with Gasteiger partial charge in [0, 0.05) is 5.46 Å². The molecule has 0 radical (unpaired) electrons. The Hall–Kier alpha value is -2.25. The molecule has 0 aliphatic heterocycles. The molecule has 20 heavy (non-hydrogen) atoms. The molecule has 0 unspecified atom stereocenters. The minimum absolute atomic E-state index is 0.0666. The van der Waals surface area contributed by atoms with Gasteiger partial charge in [-0.25, -0.2) is 13.8 Å². The lowest BCUT2D eigenvalue weighted by Gasteiger charge is -2.05. The number of hydrogen-bond acceptors (Lipinski definition) is 3. The van der Waals surface area contributed by atoms with Crippen LogP contribution in [-0.4, -0.2) is 27.1 Å². The maximum Gasteiger partial charge on any atom is 0.491 e. The predicted molar refractivity (Wildman–Crippen MR) is 71.3 cm³/mol. The average Bonchev–Trinajstić information content (AvgIpc) is 2.84. The van der Waals surface area contributed by atoms with Crippen molar-refractivity contribution in [1.29, 1.82) is 0 Å². The minimum Gasteiger partial charge on any atom is -0.423 e. The average molecular weight is 274 g/mol. The van der Waals surface area contributed by atoms with Crippen LogP contribution in [0, 0.1) is 11.6 Å². The van der Waals surface area contributed by atoms with Gasteiger partial charge in [-0.15, -0.1) is 0 Å². The van der Waals surface area contributed by atoms with Crippen molar-refractivity contribution in [3.05, 3.63) is 48.0 Å². The standard InChI is InChI=1S/C13H9BF2N2O2/c15-11-7(5-6-8(12(11)16)14(19)20)13-17-9-3-1-2-4-10(9)18-13/h1-6,19-20H,(H,17,18). The monoisotopic (exact) mass is 274 g/mol. The van der Waals surface area contributed by atoms with E-state index in [1.165, 1.54) is 6.07 Å². The lowest BCUT2D eigenvalue weighted by molar-refractivity contribution is 0.420. The first kappa shape index (κ1) is 12.8. The first-order valence-electron chi connectivity index (χ1n) is 5.87. The van der Waals surface area contributed by atoms with Gasteiger partial charge in [0.15, 0.2) is 11.6 Å². The first-order valence-corrected chi connectivity index (χ1v) is 5.87. The molecule has 3 aromatic rings.